The molecule has 0 radical (unpaired) electrons. The largest absolute Gasteiger partial charge is 0.370 e. The minimum absolute atomic E-state index is 0.0237. The van der Waals surface area contributed by atoms with Gasteiger partial charge in [0.1, 0.15) is 0 Å². The molecule has 2 rings (SSSR count). The molecule has 6 N–H and O–H groups in total. The number of nitrogens with two attached hydrogens (primary N) is 2. The number of hydrogen-bond donors (Lipinski definition) is 4. The van der Waals surface area contributed by atoms with Gasteiger partial charge in [0, 0.05) is 16.4 Å². The van der Waals surface area contributed by atoms with Crippen LogP contribution in [0.2, 0.25) is 5.02 Å². The number of halogens is 1. The fourth-order valence-corrected chi connectivity index (χ4v) is 1.96. The van der Waals surface area contributed by atoms with Gasteiger partial charge in [0.2, 0.25) is 0 Å². The Morgan fingerprint density at radius 3 is 1.86 bits per heavy atom. The number of guanidine groups is 1. The predicted octanol–water partition coefficient (Wildman–Crippen LogP) is 3.05. The molecule has 0 fully saturated rings. The van der Waals surface area contributed by atoms with Crippen molar-refractivity contribution in [2.75, 3.05) is 10.6 Å². The Bertz CT molecular complexity index is 648. The smallest absolute Gasteiger partial charge is 0.191 e. The summed E-state index contributed by atoms with van der Waals surface area (Å²) in [5.41, 5.74) is 13.0. The van der Waals surface area contributed by atoms with Crippen molar-refractivity contribution in [3.63, 3.8) is 0 Å². The van der Waals surface area contributed by atoms with Gasteiger partial charge in [-0.25, -0.2) is 4.99 Å². The summed E-state index contributed by atoms with van der Waals surface area (Å²) >= 11 is 11.1. The molecule has 0 saturated heterocycles. The maximum atomic E-state index is 5.82. The first-order chi connectivity index (χ1) is 10.0. The minimum atomic E-state index is 0.0237. The van der Waals surface area contributed by atoms with E-state index in [-0.39, 0.29) is 5.96 Å². The van der Waals surface area contributed by atoms with Crippen LogP contribution >= 0.6 is 23.8 Å². The van der Waals surface area contributed by atoms with Crippen molar-refractivity contribution in [3.8, 4) is 0 Å². The van der Waals surface area contributed by atoms with Crippen LogP contribution in [0.15, 0.2) is 53.5 Å². The van der Waals surface area contributed by atoms with Crippen LogP contribution < -0.4 is 22.1 Å². The van der Waals surface area contributed by atoms with Gasteiger partial charge in [-0.15, -0.1) is 0 Å². The Labute approximate surface area is 133 Å². The second-order valence-electron chi connectivity index (χ2n) is 4.17. The Morgan fingerprint density at radius 1 is 0.905 bits per heavy atom. The number of nitrogens with zero attached hydrogens (tertiary/aromatic N) is 1. The lowest BCUT2D eigenvalue weighted by Crippen LogP contribution is -2.21. The third kappa shape index (κ3) is 4.94. The summed E-state index contributed by atoms with van der Waals surface area (Å²) in [4.78, 5) is 3.94. The van der Waals surface area contributed by atoms with Crippen LogP contribution in [0.3, 0.4) is 0 Å². The van der Waals surface area contributed by atoms with Crippen molar-refractivity contribution in [2.24, 2.45) is 16.5 Å². The van der Waals surface area contributed by atoms with Crippen LogP contribution in [0.4, 0.5) is 17.1 Å². The SMILES string of the molecule is NC(N)=Nc1ccc(NC(=S)Nc2ccc(Cl)cc2)cc1. The van der Waals surface area contributed by atoms with E-state index in [2.05, 4.69) is 15.6 Å². The fourth-order valence-electron chi connectivity index (χ4n) is 1.60. The van der Waals surface area contributed by atoms with Crippen LogP contribution in [-0.4, -0.2) is 11.1 Å². The second-order valence-corrected chi connectivity index (χ2v) is 5.01. The number of rotatable bonds is 3. The van der Waals surface area contributed by atoms with Crippen molar-refractivity contribution in [2.45, 2.75) is 0 Å². The Morgan fingerprint density at radius 2 is 1.38 bits per heavy atom. The lowest BCUT2D eigenvalue weighted by Gasteiger charge is -2.10. The summed E-state index contributed by atoms with van der Waals surface area (Å²) in [6, 6.07) is 14.5. The van der Waals surface area contributed by atoms with Crippen LogP contribution in [0.1, 0.15) is 0 Å². The summed E-state index contributed by atoms with van der Waals surface area (Å²) in [7, 11) is 0. The minimum Gasteiger partial charge on any atom is -0.370 e. The molecule has 0 aromatic heterocycles. The molecule has 0 heterocycles. The van der Waals surface area contributed by atoms with Gasteiger partial charge in [0.25, 0.3) is 0 Å². The molecule has 21 heavy (non-hydrogen) atoms. The van der Waals surface area contributed by atoms with Gasteiger partial charge in [-0.1, -0.05) is 11.6 Å². The van der Waals surface area contributed by atoms with Gasteiger partial charge < -0.3 is 22.1 Å². The van der Waals surface area contributed by atoms with Gasteiger partial charge in [0.15, 0.2) is 11.1 Å². The maximum absolute atomic E-state index is 5.82. The first-order valence-corrected chi connectivity index (χ1v) is 6.85. The monoisotopic (exact) mass is 319 g/mol. The fraction of sp³-hybridized carbons (Fsp3) is 0. The molecule has 5 nitrogen and oxygen atoms in total. The molecule has 0 spiro atoms. The van der Waals surface area contributed by atoms with E-state index in [1.54, 1.807) is 24.3 Å². The molecule has 0 bridgehead atoms. The zero-order valence-corrected chi connectivity index (χ0v) is 12.6. The van der Waals surface area contributed by atoms with E-state index in [1.807, 2.05) is 24.3 Å². The van der Waals surface area contributed by atoms with E-state index in [0.29, 0.717) is 15.8 Å². The lowest BCUT2D eigenvalue weighted by molar-refractivity contribution is 1.42. The maximum Gasteiger partial charge on any atom is 0.191 e. The van der Waals surface area contributed by atoms with Crippen molar-refractivity contribution in [1.82, 2.24) is 0 Å². The Balaban J connectivity index is 1.96. The number of anilines is 2. The van der Waals surface area contributed by atoms with E-state index in [1.165, 1.54) is 0 Å². The van der Waals surface area contributed by atoms with Crippen LogP contribution in [0.5, 0.6) is 0 Å². The molecular weight excluding hydrogens is 306 g/mol. The molecule has 0 aliphatic rings. The van der Waals surface area contributed by atoms with E-state index in [9.17, 15) is 0 Å². The van der Waals surface area contributed by atoms with Crippen molar-refractivity contribution < 1.29 is 0 Å². The number of aliphatic imine (C=N–C) groups is 1. The quantitative estimate of drug-likeness (QED) is 0.397. The average Bonchev–Trinajstić information content (AvgIpc) is 2.43. The zero-order chi connectivity index (χ0) is 15.2. The molecule has 2 aromatic carbocycles. The number of thiocarbonyl (C=S) groups is 1. The molecule has 0 aliphatic carbocycles. The average molecular weight is 320 g/mol. The summed E-state index contributed by atoms with van der Waals surface area (Å²) in [6.07, 6.45) is 0. The molecule has 7 heteroatoms. The predicted molar refractivity (Wildman–Crippen MR) is 93.2 cm³/mol. The number of nitrogens with one attached hydrogen (secondary N) is 2. The van der Waals surface area contributed by atoms with Crippen LogP contribution in [0, 0.1) is 0 Å². The molecule has 0 saturated carbocycles. The Hall–Kier alpha value is -2.31. The molecule has 0 unspecified atom stereocenters. The highest BCUT2D eigenvalue weighted by molar-refractivity contribution is 7.80. The normalized spacial score (nSPS) is 9.76. The van der Waals surface area contributed by atoms with Crippen molar-refractivity contribution in [1.29, 1.82) is 0 Å². The topological polar surface area (TPSA) is 88.5 Å². The third-order valence-corrected chi connectivity index (χ3v) is 2.94. The summed E-state index contributed by atoms with van der Waals surface area (Å²) < 4.78 is 0. The first-order valence-electron chi connectivity index (χ1n) is 6.06. The highest BCUT2D eigenvalue weighted by Crippen LogP contribution is 2.17. The van der Waals surface area contributed by atoms with Gasteiger partial charge >= 0.3 is 0 Å². The van der Waals surface area contributed by atoms with E-state index < -0.39 is 0 Å². The summed E-state index contributed by atoms with van der Waals surface area (Å²) in [5, 5.41) is 7.27. The molecule has 0 aliphatic heterocycles. The zero-order valence-electron chi connectivity index (χ0n) is 11.0. The third-order valence-electron chi connectivity index (χ3n) is 2.49. The van der Waals surface area contributed by atoms with E-state index in [4.69, 9.17) is 35.3 Å². The molecule has 2 aromatic rings. The highest BCUT2D eigenvalue weighted by Gasteiger charge is 1.99. The number of hydrogen-bond acceptors (Lipinski definition) is 2. The van der Waals surface area contributed by atoms with Crippen LogP contribution in [0.25, 0.3) is 0 Å². The highest BCUT2D eigenvalue weighted by atomic mass is 35.5. The van der Waals surface area contributed by atoms with Gasteiger partial charge in [0.05, 0.1) is 5.69 Å². The first kappa shape index (κ1) is 15.1. The van der Waals surface area contributed by atoms with E-state index in [0.717, 1.165) is 11.4 Å². The molecular formula is C14H14ClN5S. The standard InChI is InChI=1S/C14H14ClN5S/c15-9-1-3-11(4-2-9)19-14(21)20-12-7-5-10(6-8-12)18-13(16)17/h1-8H,(H4,16,17,18)(H2,19,20,21). The molecule has 108 valence electrons. The second kappa shape index (κ2) is 6.92. The number of benzene rings is 2. The molecule has 0 amide bonds. The van der Waals surface area contributed by atoms with Crippen molar-refractivity contribution >= 4 is 52.0 Å². The van der Waals surface area contributed by atoms with E-state index >= 15 is 0 Å². The van der Waals surface area contributed by atoms with Gasteiger partial charge in [-0.05, 0) is 60.7 Å². The summed E-state index contributed by atoms with van der Waals surface area (Å²) in [5.74, 6) is 0.0237. The van der Waals surface area contributed by atoms with Crippen LogP contribution in [-0.2, 0) is 0 Å². The lowest BCUT2D eigenvalue weighted by atomic mass is 10.3. The Kier molecular flexibility index (Phi) is 4.97. The summed E-state index contributed by atoms with van der Waals surface area (Å²) in [6.45, 7) is 0. The van der Waals surface area contributed by atoms with Gasteiger partial charge in [-0.2, -0.15) is 0 Å². The molecule has 0 atom stereocenters. The van der Waals surface area contributed by atoms with Crippen molar-refractivity contribution in [3.05, 3.63) is 53.6 Å². The van der Waals surface area contributed by atoms with Gasteiger partial charge in [-0.3, -0.25) is 0 Å².